The number of anilines is 1. The molecule has 3 N–H and O–H groups in total. The predicted molar refractivity (Wildman–Crippen MR) is 91.3 cm³/mol. The maximum absolute atomic E-state index is 12.0. The third kappa shape index (κ3) is 3.56. The van der Waals surface area contributed by atoms with Crippen molar-refractivity contribution in [1.29, 1.82) is 10.5 Å². The molecule has 0 aliphatic heterocycles. The van der Waals surface area contributed by atoms with Gasteiger partial charge in [0.05, 0.1) is 6.61 Å². The van der Waals surface area contributed by atoms with E-state index >= 15 is 0 Å². The van der Waals surface area contributed by atoms with Crippen LogP contribution in [-0.4, -0.2) is 11.6 Å². The zero-order chi connectivity index (χ0) is 17.7. The second-order valence-electron chi connectivity index (χ2n) is 5.78. The lowest BCUT2D eigenvalue weighted by Gasteiger charge is -2.12. The summed E-state index contributed by atoms with van der Waals surface area (Å²) in [6, 6.07) is 10.8. The number of aromatic amines is 1. The number of ether oxygens (including phenoxy) is 1. The molecule has 0 saturated carbocycles. The van der Waals surface area contributed by atoms with Crippen molar-refractivity contribution in [2.24, 2.45) is 5.92 Å². The third-order valence-electron chi connectivity index (χ3n) is 3.55. The molecule has 0 aliphatic rings. The number of nitrogens with zero attached hydrogens (tertiary/aromatic N) is 2. The van der Waals surface area contributed by atoms with Crippen LogP contribution in [0.15, 0.2) is 29.1 Å². The normalized spacial score (nSPS) is 10.2. The van der Waals surface area contributed by atoms with Gasteiger partial charge >= 0.3 is 0 Å². The molecule has 0 saturated heterocycles. The van der Waals surface area contributed by atoms with Crippen molar-refractivity contribution < 1.29 is 4.74 Å². The van der Waals surface area contributed by atoms with Gasteiger partial charge in [0.2, 0.25) is 0 Å². The van der Waals surface area contributed by atoms with Crippen molar-refractivity contribution in [1.82, 2.24) is 4.98 Å². The molecule has 2 aromatic rings. The quantitative estimate of drug-likeness (QED) is 0.878. The minimum atomic E-state index is -0.616. The van der Waals surface area contributed by atoms with Crippen molar-refractivity contribution in [2.45, 2.75) is 20.3 Å². The van der Waals surface area contributed by atoms with Gasteiger partial charge in [0.15, 0.2) is 0 Å². The number of hydrogen-bond donors (Lipinski definition) is 2. The number of nitrogen functional groups attached to an aromatic ring is 1. The lowest BCUT2D eigenvalue weighted by atomic mass is 9.96. The molecule has 6 heteroatoms. The number of H-pyrrole nitrogens is 1. The van der Waals surface area contributed by atoms with E-state index in [1.807, 2.05) is 12.1 Å². The molecule has 1 aromatic carbocycles. The van der Waals surface area contributed by atoms with Crippen LogP contribution in [0.25, 0.3) is 11.1 Å². The number of nitriles is 2. The number of rotatable bonds is 5. The van der Waals surface area contributed by atoms with Gasteiger partial charge in [0, 0.05) is 5.56 Å². The molecule has 0 amide bonds. The highest BCUT2D eigenvalue weighted by atomic mass is 16.5. The van der Waals surface area contributed by atoms with Crippen LogP contribution >= 0.6 is 0 Å². The fraction of sp³-hybridized carbons (Fsp3) is 0.278. The van der Waals surface area contributed by atoms with Crippen LogP contribution in [0.1, 0.15) is 31.4 Å². The number of nitrogens with two attached hydrogens (primary N) is 1. The van der Waals surface area contributed by atoms with E-state index in [0.29, 0.717) is 23.8 Å². The first-order chi connectivity index (χ1) is 11.5. The molecule has 0 spiro atoms. The van der Waals surface area contributed by atoms with Crippen LogP contribution < -0.4 is 16.0 Å². The summed E-state index contributed by atoms with van der Waals surface area (Å²) in [4.78, 5) is 14.3. The lowest BCUT2D eigenvalue weighted by Crippen LogP contribution is -2.16. The third-order valence-corrected chi connectivity index (χ3v) is 3.55. The van der Waals surface area contributed by atoms with E-state index in [2.05, 4.69) is 18.8 Å². The highest BCUT2D eigenvalue weighted by Gasteiger charge is 2.18. The summed E-state index contributed by atoms with van der Waals surface area (Å²) in [7, 11) is 0. The van der Waals surface area contributed by atoms with Crippen molar-refractivity contribution in [2.75, 3.05) is 12.3 Å². The lowest BCUT2D eigenvalue weighted by molar-refractivity contribution is 0.289. The summed E-state index contributed by atoms with van der Waals surface area (Å²) in [5, 5.41) is 18.6. The number of hydrogen-bond acceptors (Lipinski definition) is 5. The first-order valence-electron chi connectivity index (χ1n) is 7.57. The Morgan fingerprint density at radius 1 is 1.25 bits per heavy atom. The maximum atomic E-state index is 12.0. The summed E-state index contributed by atoms with van der Waals surface area (Å²) in [5.74, 6) is 1.08. The zero-order valence-corrected chi connectivity index (χ0v) is 13.6. The van der Waals surface area contributed by atoms with Crippen LogP contribution in [-0.2, 0) is 0 Å². The molecule has 0 aliphatic carbocycles. The Balaban J connectivity index is 2.51. The highest BCUT2D eigenvalue weighted by Crippen LogP contribution is 2.30. The molecule has 1 heterocycles. The zero-order valence-electron chi connectivity index (χ0n) is 13.6. The van der Waals surface area contributed by atoms with Gasteiger partial charge in [-0.1, -0.05) is 26.0 Å². The van der Waals surface area contributed by atoms with Crippen LogP contribution in [0.5, 0.6) is 5.75 Å². The smallest absolute Gasteiger partial charge is 0.268 e. The Hall–Kier alpha value is -3.25. The number of pyridine rings is 1. The van der Waals surface area contributed by atoms with Crippen LogP contribution in [0.4, 0.5) is 5.82 Å². The highest BCUT2D eigenvalue weighted by molar-refractivity contribution is 5.80. The number of nitrogens with one attached hydrogen (secondary N) is 1. The van der Waals surface area contributed by atoms with E-state index in [4.69, 9.17) is 10.5 Å². The first-order valence-corrected chi connectivity index (χ1v) is 7.57. The second-order valence-corrected chi connectivity index (χ2v) is 5.78. The molecule has 1 aromatic heterocycles. The van der Waals surface area contributed by atoms with Gasteiger partial charge in [-0.25, -0.2) is 0 Å². The van der Waals surface area contributed by atoms with Gasteiger partial charge in [-0.3, -0.25) is 4.79 Å². The SMILES string of the molecule is CC(C)CCOc1cccc(-c2c(C#N)c(N)[nH]c(=O)c2C#N)c1. The first kappa shape index (κ1) is 17.1. The fourth-order valence-corrected chi connectivity index (χ4v) is 2.29. The molecule has 6 nitrogen and oxygen atoms in total. The molecule has 24 heavy (non-hydrogen) atoms. The van der Waals surface area contributed by atoms with Gasteiger partial charge in [0.1, 0.15) is 34.8 Å². The standard InChI is InChI=1S/C18H18N4O2/c1-11(2)6-7-24-13-5-3-4-12(8-13)16-14(9-19)17(21)22-18(23)15(16)10-20/h3-5,8,11H,6-7H2,1-2H3,(H3,21,22,23). The minimum absolute atomic E-state index is 0.0531. The van der Waals surface area contributed by atoms with E-state index in [9.17, 15) is 15.3 Å². The Bertz CT molecular complexity index is 885. The van der Waals surface area contributed by atoms with Gasteiger partial charge in [-0.15, -0.1) is 0 Å². The van der Waals surface area contributed by atoms with E-state index in [1.54, 1.807) is 24.3 Å². The van der Waals surface area contributed by atoms with Crippen molar-refractivity contribution >= 4 is 5.82 Å². The molecule has 0 unspecified atom stereocenters. The summed E-state index contributed by atoms with van der Waals surface area (Å²) in [5.41, 5.74) is 5.82. The largest absolute Gasteiger partial charge is 0.494 e. The topological polar surface area (TPSA) is 116 Å². The molecular weight excluding hydrogens is 304 g/mol. The predicted octanol–water partition coefficient (Wildman–Crippen LogP) is 2.79. The molecule has 0 bridgehead atoms. The minimum Gasteiger partial charge on any atom is -0.494 e. The average molecular weight is 322 g/mol. The van der Waals surface area contributed by atoms with Gasteiger partial charge in [0.25, 0.3) is 5.56 Å². The summed E-state index contributed by atoms with van der Waals surface area (Å²) in [6.07, 6.45) is 0.912. The summed E-state index contributed by atoms with van der Waals surface area (Å²) >= 11 is 0. The van der Waals surface area contributed by atoms with E-state index < -0.39 is 5.56 Å². The Labute approximate surface area is 140 Å². The summed E-state index contributed by atoms with van der Waals surface area (Å²) in [6.45, 7) is 4.78. The second kappa shape index (κ2) is 7.34. The van der Waals surface area contributed by atoms with Crippen molar-refractivity contribution in [3.8, 4) is 29.0 Å². The molecule has 122 valence electrons. The summed E-state index contributed by atoms with van der Waals surface area (Å²) < 4.78 is 5.70. The number of benzene rings is 1. The molecule has 0 radical (unpaired) electrons. The Kier molecular flexibility index (Phi) is 5.23. The van der Waals surface area contributed by atoms with Crippen LogP contribution in [0.3, 0.4) is 0 Å². The van der Waals surface area contributed by atoms with E-state index in [0.717, 1.165) is 6.42 Å². The van der Waals surface area contributed by atoms with Crippen molar-refractivity contribution in [3.05, 3.63) is 45.7 Å². The van der Waals surface area contributed by atoms with Gasteiger partial charge in [-0.2, -0.15) is 10.5 Å². The molecule has 2 rings (SSSR count). The molecule has 0 fully saturated rings. The van der Waals surface area contributed by atoms with E-state index in [-0.39, 0.29) is 22.5 Å². The van der Waals surface area contributed by atoms with Gasteiger partial charge < -0.3 is 15.5 Å². The monoisotopic (exact) mass is 322 g/mol. The van der Waals surface area contributed by atoms with Gasteiger partial charge in [-0.05, 0) is 30.0 Å². The molecular formula is C18H18N4O2. The fourth-order valence-electron chi connectivity index (χ4n) is 2.29. The van der Waals surface area contributed by atoms with Crippen molar-refractivity contribution in [3.63, 3.8) is 0 Å². The van der Waals surface area contributed by atoms with E-state index in [1.165, 1.54) is 0 Å². The maximum Gasteiger partial charge on any atom is 0.268 e. The molecule has 0 atom stereocenters. The Morgan fingerprint density at radius 3 is 2.58 bits per heavy atom. The van der Waals surface area contributed by atoms with Crippen LogP contribution in [0.2, 0.25) is 0 Å². The number of aromatic nitrogens is 1. The average Bonchev–Trinajstić information content (AvgIpc) is 2.54. The Morgan fingerprint density at radius 2 is 1.96 bits per heavy atom. The van der Waals surface area contributed by atoms with Crippen LogP contribution in [0, 0.1) is 28.6 Å².